The molecule has 0 bridgehead atoms. The second-order valence-electron chi connectivity index (χ2n) is 5.57. The van der Waals surface area contributed by atoms with Crippen LogP contribution in [-0.2, 0) is 0 Å². The first kappa shape index (κ1) is 9.79. The van der Waals surface area contributed by atoms with E-state index in [1.807, 2.05) is 40.9 Å². The zero-order valence-corrected chi connectivity index (χ0v) is 12.1. The molecule has 0 saturated carbocycles. The lowest BCUT2D eigenvalue weighted by atomic mass is 9.94. The Balaban J connectivity index is 1.55. The lowest BCUT2D eigenvalue weighted by molar-refractivity contribution is 0.240. The third-order valence-corrected chi connectivity index (χ3v) is 4.25. The normalized spacial score (nSPS) is 20.7. The number of benzene rings is 1. The molecule has 0 unspecified atom stereocenters. The molecule has 114 valence electrons. The van der Waals surface area contributed by atoms with Crippen LogP contribution in [0.5, 0.6) is 0 Å². The van der Waals surface area contributed by atoms with Gasteiger partial charge in [0.25, 0.3) is 0 Å². The minimum Gasteiger partial charge on any atom is -0.396 e. The summed E-state index contributed by atoms with van der Waals surface area (Å²) in [4.78, 5) is 11.2. The first-order valence-corrected chi connectivity index (χ1v) is 7.48. The van der Waals surface area contributed by atoms with Crippen LogP contribution in [-0.4, -0.2) is 39.1 Å². The fraction of sp³-hybridized carbons (Fsp3) is 0.412. The Morgan fingerprint density at radius 1 is 1.18 bits per heavy atom. The van der Waals surface area contributed by atoms with Crippen LogP contribution in [0.1, 0.15) is 24.7 Å². The number of piperidine rings is 1. The fourth-order valence-electron chi connectivity index (χ4n) is 3.06. The van der Waals surface area contributed by atoms with E-state index in [9.17, 15) is 5.11 Å². The molecule has 1 aliphatic heterocycles. The van der Waals surface area contributed by atoms with Crippen molar-refractivity contribution >= 4 is 22.6 Å². The van der Waals surface area contributed by atoms with Crippen LogP contribution in [0.15, 0.2) is 36.5 Å². The van der Waals surface area contributed by atoms with Crippen LogP contribution < -0.4 is 4.90 Å². The number of aliphatic hydroxyl groups is 1. The fourth-order valence-corrected chi connectivity index (χ4v) is 3.06. The van der Waals surface area contributed by atoms with Crippen molar-refractivity contribution in [2.45, 2.75) is 19.2 Å². The smallest absolute Gasteiger partial charge is 0.236 e. The molecule has 3 aromatic rings. The van der Waals surface area contributed by atoms with Gasteiger partial charge in [-0.3, -0.25) is 4.40 Å². The highest BCUT2D eigenvalue weighted by atomic mass is 16.3. The second kappa shape index (κ2) is 5.57. The number of nitrogens with zero attached hydrogens (tertiary/aromatic N) is 4. The van der Waals surface area contributed by atoms with Gasteiger partial charge in [-0.25, -0.2) is 4.98 Å². The van der Waals surface area contributed by atoms with Crippen LogP contribution >= 0.6 is 0 Å². The molecule has 0 radical (unpaired) electrons. The number of hydrogen-bond donors (Lipinski definition) is 1. The molecule has 0 spiro atoms. The van der Waals surface area contributed by atoms with Gasteiger partial charge in [0.2, 0.25) is 5.78 Å². The third kappa shape index (κ3) is 2.31. The molecular weight excluding hydrogens is 276 g/mol. The van der Waals surface area contributed by atoms with Crippen molar-refractivity contribution in [1.82, 2.24) is 14.4 Å². The lowest BCUT2D eigenvalue weighted by Gasteiger charge is -2.32. The summed E-state index contributed by atoms with van der Waals surface area (Å²) in [5, 5.41) is 9.49. The minimum absolute atomic E-state index is 0.455. The number of rotatable bonds is 3. The topological polar surface area (TPSA) is 53.7 Å². The Kier molecular flexibility index (Phi) is 2.48. The van der Waals surface area contributed by atoms with Crippen molar-refractivity contribution in [3.05, 3.63) is 36.5 Å². The highest BCUT2D eigenvalue weighted by molar-refractivity contribution is 5.79. The van der Waals surface area contributed by atoms with E-state index < -0.39 is 18.8 Å². The average Bonchev–Trinajstić information content (AvgIpc) is 2.98. The number of anilines is 1. The Bertz CT molecular complexity index is 945. The predicted octanol–water partition coefficient (Wildman–Crippen LogP) is 2.48. The van der Waals surface area contributed by atoms with Crippen molar-refractivity contribution in [3.63, 3.8) is 0 Å². The predicted molar refractivity (Wildman–Crippen MR) is 87.1 cm³/mol. The van der Waals surface area contributed by atoms with Gasteiger partial charge in [-0.15, -0.1) is 0 Å². The summed E-state index contributed by atoms with van der Waals surface area (Å²) in [6.07, 6.45) is 0.578. The van der Waals surface area contributed by atoms with Crippen LogP contribution in [0.4, 0.5) is 5.82 Å². The quantitative estimate of drug-likeness (QED) is 0.807. The molecule has 1 aliphatic rings. The summed E-state index contributed by atoms with van der Waals surface area (Å²) in [5.41, 5.74) is 1.88. The zero-order chi connectivity index (χ0) is 18.5. The van der Waals surface area contributed by atoms with Gasteiger partial charge in [0.15, 0.2) is 0 Å². The van der Waals surface area contributed by atoms with Gasteiger partial charge in [-0.2, -0.15) is 4.98 Å². The van der Waals surface area contributed by atoms with Crippen molar-refractivity contribution in [3.8, 4) is 0 Å². The monoisotopic (exact) mass is 300 g/mol. The number of imidazole rings is 1. The van der Waals surface area contributed by atoms with Gasteiger partial charge in [0.1, 0.15) is 5.82 Å². The number of aromatic nitrogens is 3. The van der Waals surface area contributed by atoms with E-state index in [1.165, 1.54) is 0 Å². The maximum absolute atomic E-state index is 9.49. The molecule has 1 N–H and O–H groups in total. The maximum atomic E-state index is 9.49. The largest absolute Gasteiger partial charge is 0.396 e. The molecular formula is C17H20N4O. The molecule has 0 aliphatic carbocycles. The van der Waals surface area contributed by atoms with E-state index in [0.717, 1.165) is 16.9 Å². The SMILES string of the molecule is [2H]C([2H])(O)C([2H])([2H])C1CCN(c2ccn3c(n2)nc2ccccc23)CC1. The summed E-state index contributed by atoms with van der Waals surface area (Å²) in [6.45, 7) is -1.72. The number of para-hydroxylation sites is 2. The van der Waals surface area contributed by atoms with Crippen LogP contribution in [0, 0.1) is 5.92 Å². The molecule has 0 amide bonds. The van der Waals surface area contributed by atoms with Gasteiger partial charge < -0.3 is 10.0 Å². The standard InChI is InChI=1S/C17H20N4O/c22-12-8-13-5-9-20(10-6-13)16-7-11-21-15-4-2-1-3-14(15)18-17(21)19-16/h1-4,7,11,13,22H,5-6,8-10,12H2/i8D2,12D2. The molecule has 0 atom stereocenters. The first-order valence-electron chi connectivity index (χ1n) is 9.48. The molecule has 3 heterocycles. The molecule has 1 fully saturated rings. The zero-order valence-electron chi connectivity index (χ0n) is 16.1. The van der Waals surface area contributed by atoms with E-state index in [0.29, 0.717) is 31.7 Å². The first-order chi connectivity index (χ1) is 12.3. The summed E-state index contributed by atoms with van der Waals surface area (Å²) in [7, 11) is 0. The number of hydrogen-bond acceptors (Lipinski definition) is 4. The van der Waals surface area contributed by atoms with Crippen LogP contribution in [0.2, 0.25) is 0 Å². The van der Waals surface area contributed by atoms with Gasteiger partial charge in [-0.1, -0.05) is 12.1 Å². The van der Waals surface area contributed by atoms with E-state index in [-0.39, 0.29) is 0 Å². The summed E-state index contributed by atoms with van der Waals surface area (Å²) in [5.74, 6) is 0.864. The Morgan fingerprint density at radius 3 is 2.82 bits per heavy atom. The van der Waals surface area contributed by atoms with Crippen LogP contribution in [0.25, 0.3) is 16.8 Å². The van der Waals surface area contributed by atoms with Crippen molar-refractivity contribution in [2.75, 3.05) is 24.5 Å². The summed E-state index contributed by atoms with van der Waals surface area (Å²) >= 11 is 0. The summed E-state index contributed by atoms with van der Waals surface area (Å²) < 4.78 is 32.4. The Labute approximate surface area is 134 Å². The molecule has 1 aromatic carbocycles. The van der Waals surface area contributed by atoms with Gasteiger partial charge in [0, 0.05) is 28.6 Å². The Morgan fingerprint density at radius 2 is 2.00 bits per heavy atom. The highest BCUT2D eigenvalue weighted by Crippen LogP contribution is 2.25. The lowest BCUT2D eigenvalue weighted by Crippen LogP contribution is -2.34. The van der Waals surface area contributed by atoms with Crippen molar-refractivity contribution in [2.24, 2.45) is 5.92 Å². The van der Waals surface area contributed by atoms with Crippen molar-refractivity contribution in [1.29, 1.82) is 0 Å². The number of fused-ring (bicyclic) bond motifs is 3. The molecule has 22 heavy (non-hydrogen) atoms. The van der Waals surface area contributed by atoms with Gasteiger partial charge in [0.05, 0.1) is 13.8 Å². The third-order valence-electron chi connectivity index (χ3n) is 4.25. The maximum Gasteiger partial charge on any atom is 0.236 e. The molecule has 2 aromatic heterocycles. The molecule has 5 nitrogen and oxygen atoms in total. The molecule has 5 heteroatoms. The average molecular weight is 300 g/mol. The second-order valence-corrected chi connectivity index (χ2v) is 5.57. The van der Waals surface area contributed by atoms with Crippen LogP contribution in [0.3, 0.4) is 0 Å². The Hall–Kier alpha value is -2.14. The molecule has 1 saturated heterocycles. The van der Waals surface area contributed by atoms with Gasteiger partial charge >= 0.3 is 0 Å². The van der Waals surface area contributed by atoms with Gasteiger partial charge in [-0.05, 0) is 43.3 Å². The van der Waals surface area contributed by atoms with E-state index >= 15 is 0 Å². The van der Waals surface area contributed by atoms with E-state index in [1.54, 1.807) is 0 Å². The van der Waals surface area contributed by atoms with E-state index in [4.69, 9.17) is 5.48 Å². The van der Waals surface area contributed by atoms with E-state index in [2.05, 4.69) is 14.9 Å². The summed E-state index contributed by atoms with van der Waals surface area (Å²) in [6, 6.07) is 9.76. The highest BCUT2D eigenvalue weighted by Gasteiger charge is 2.20. The minimum atomic E-state index is -2.84. The molecule has 4 rings (SSSR count). The van der Waals surface area contributed by atoms with Crippen molar-refractivity contribution < 1.29 is 10.6 Å².